The van der Waals surface area contributed by atoms with Crippen molar-refractivity contribution < 1.29 is 0 Å². The fraction of sp³-hybridized carbons (Fsp3) is 1.00. The number of rotatable bonds is 1. The third-order valence-corrected chi connectivity index (χ3v) is 6.80. The van der Waals surface area contributed by atoms with Crippen molar-refractivity contribution in [2.45, 2.75) is 72.1 Å². The normalized spacial score (nSPS) is 53.2. The molecule has 3 saturated carbocycles. The average Bonchev–Trinajstić information content (AvgIpc) is 2.65. The average molecular weight is 248 g/mol. The maximum atomic E-state index is 2.58. The van der Waals surface area contributed by atoms with Crippen molar-refractivity contribution in [1.82, 2.24) is 0 Å². The highest BCUT2D eigenvalue weighted by molar-refractivity contribution is 4.96. The molecule has 0 heteroatoms. The quantitative estimate of drug-likeness (QED) is 0.573. The van der Waals surface area contributed by atoms with Crippen LogP contribution in [0.4, 0.5) is 0 Å². The fourth-order valence-corrected chi connectivity index (χ4v) is 6.01. The topological polar surface area (TPSA) is 0 Å². The van der Waals surface area contributed by atoms with Crippen molar-refractivity contribution >= 4 is 0 Å². The van der Waals surface area contributed by atoms with Crippen LogP contribution in [0.2, 0.25) is 0 Å². The molecular weight excluding hydrogens is 216 g/mol. The lowest BCUT2D eigenvalue weighted by atomic mass is 9.64. The molecule has 0 spiro atoms. The molecule has 104 valence electrons. The minimum atomic E-state index is 1.01. The molecule has 7 atom stereocenters. The maximum Gasteiger partial charge on any atom is -0.0326 e. The van der Waals surface area contributed by atoms with E-state index in [9.17, 15) is 0 Å². The van der Waals surface area contributed by atoms with Crippen LogP contribution < -0.4 is 0 Å². The molecule has 0 aromatic heterocycles. The van der Waals surface area contributed by atoms with Crippen molar-refractivity contribution in [3.63, 3.8) is 0 Å². The van der Waals surface area contributed by atoms with Crippen LogP contribution in [0.1, 0.15) is 72.1 Å². The minimum absolute atomic E-state index is 1.01. The summed E-state index contributed by atoms with van der Waals surface area (Å²) in [5, 5.41) is 0. The number of fused-ring (bicyclic) bond motifs is 1. The lowest BCUT2D eigenvalue weighted by molar-refractivity contribution is 0.0832. The van der Waals surface area contributed by atoms with Gasteiger partial charge < -0.3 is 0 Å². The van der Waals surface area contributed by atoms with Gasteiger partial charge in [0.25, 0.3) is 0 Å². The van der Waals surface area contributed by atoms with E-state index in [-0.39, 0.29) is 0 Å². The molecule has 0 aromatic rings. The molecule has 0 N–H and O–H groups in total. The Balaban J connectivity index is 1.74. The van der Waals surface area contributed by atoms with Crippen molar-refractivity contribution in [3.8, 4) is 0 Å². The second-order valence-corrected chi connectivity index (χ2v) is 8.06. The highest BCUT2D eigenvalue weighted by atomic mass is 14.5. The maximum absolute atomic E-state index is 2.58. The fourth-order valence-electron chi connectivity index (χ4n) is 6.01. The molecule has 3 aliphatic rings. The van der Waals surface area contributed by atoms with Crippen LogP contribution in [0.25, 0.3) is 0 Å². The lowest BCUT2D eigenvalue weighted by Crippen LogP contribution is -2.33. The second-order valence-electron chi connectivity index (χ2n) is 8.06. The number of hydrogen-bond donors (Lipinski definition) is 0. The predicted octanol–water partition coefficient (Wildman–Crippen LogP) is 5.52. The standard InChI is InChI=1S/C18H32/c1-12-8-9-17-15(10-12)11-14(3)18(17)16-7-5-4-6-13(16)2/h12-18H,4-11H2,1-3H3. The van der Waals surface area contributed by atoms with E-state index in [1.807, 2.05) is 0 Å². The Morgan fingerprint density at radius 3 is 2.22 bits per heavy atom. The first-order chi connectivity index (χ1) is 8.66. The second kappa shape index (κ2) is 5.17. The molecule has 0 heterocycles. The molecule has 0 amide bonds. The Morgan fingerprint density at radius 2 is 1.44 bits per heavy atom. The first-order valence-electron chi connectivity index (χ1n) is 8.66. The van der Waals surface area contributed by atoms with Gasteiger partial charge in [-0.25, -0.2) is 0 Å². The van der Waals surface area contributed by atoms with Crippen LogP contribution in [0.5, 0.6) is 0 Å². The van der Waals surface area contributed by atoms with E-state index in [0.29, 0.717) is 0 Å². The summed E-state index contributed by atoms with van der Waals surface area (Å²) in [6, 6.07) is 0. The van der Waals surface area contributed by atoms with E-state index in [0.717, 1.165) is 41.4 Å². The van der Waals surface area contributed by atoms with Gasteiger partial charge in [-0.05, 0) is 67.1 Å². The first-order valence-corrected chi connectivity index (χ1v) is 8.66. The summed E-state index contributed by atoms with van der Waals surface area (Å²) in [5.41, 5.74) is 0. The smallest absolute Gasteiger partial charge is 0.0326 e. The van der Waals surface area contributed by atoms with E-state index in [1.165, 1.54) is 25.7 Å². The molecule has 3 rings (SSSR count). The largest absolute Gasteiger partial charge is 0.0625 e. The van der Waals surface area contributed by atoms with Gasteiger partial charge in [0.2, 0.25) is 0 Å². The van der Waals surface area contributed by atoms with Gasteiger partial charge in [-0.2, -0.15) is 0 Å². The Labute approximate surface area is 114 Å². The third kappa shape index (κ3) is 2.25. The summed E-state index contributed by atoms with van der Waals surface area (Å²) < 4.78 is 0. The van der Waals surface area contributed by atoms with E-state index in [1.54, 1.807) is 25.7 Å². The van der Waals surface area contributed by atoms with Crippen molar-refractivity contribution in [2.24, 2.45) is 41.4 Å². The van der Waals surface area contributed by atoms with Crippen LogP contribution in [0, 0.1) is 41.4 Å². The van der Waals surface area contributed by atoms with Crippen molar-refractivity contribution in [3.05, 3.63) is 0 Å². The molecular formula is C18H32. The molecule has 0 bridgehead atoms. The van der Waals surface area contributed by atoms with Gasteiger partial charge in [-0.3, -0.25) is 0 Å². The minimum Gasteiger partial charge on any atom is -0.0625 e. The Kier molecular flexibility index (Phi) is 3.74. The van der Waals surface area contributed by atoms with Crippen LogP contribution in [-0.2, 0) is 0 Å². The van der Waals surface area contributed by atoms with E-state index >= 15 is 0 Å². The van der Waals surface area contributed by atoms with Crippen LogP contribution in [-0.4, -0.2) is 0 Å². The highest BCUT2D eigenvalue weighted by Crippen LogP contribution is 2.55. The van der Waals surface area contributed by atoms with Gasteiger partial charge in [0, 0.05) is 0 Å². The summed E-state index contributed by atoms with van der Waals surface area (Å²) >= 11 is 0. The van der Waals surface area contributed by atoms with Gasteiger partial charge in [-0.1, -0.05) is 46.5 Å². The van der Waals surface area contributed by atoms with E-state index in [2.05, 4.69) is 20.8 Å². The molecule has 3 fully saturated rings. The number of hydrogen-bond acceptors (Lipinski definition) is 0. The van der Waals surface area contributed by atoms with E-state index < -0.39 is 0 Å². The molecule has 0 aromatic carbocycles. The summed E-state index contributed by atoms with van der Waals surface area (Å²) in [6.07, 6.45) is 12.3. The summed E-state index contributed by atoms with van der Waals surface area (Å²) in [7, 11) is 0. The monoisotopic (exact) mass is 248 g/mol. The molecule has 0 radical (unpaired) electrons. The zero-order valence-electron chi connectivity index (χ0n) is 12.7. The predicted molar refractivity (Wildman–Crippen MR) is 78.4 cm³/mol. The Hall–Kier alpha value is 0. The van der Waals surface area contributed by atoms with Gasteiger partial charge in [0.1, 0.15) is 0 Å². The molecule has 0 aliphatic heterocycles. The van der Waals surface area contributed by atoms with Crippen LogP contribution in [0.3, 0.4) is 0 Å². The van der Waals surface area contributed by atoms with Crippen molar-refractivity contribution in [2.75, 3.05) is 0 Å². The lowest BCUT2D eigenvalue weighted by Gasteiger charge is -2.41. The first kappa shape index (κ1) is 13.0. The zero-order valence-corrected chi connectivity index (χ0v) is 12.7. The van der Waals surface area contributed by atoms with Gasteiger partial charge in [-0.15, -0.1) is 0 Å². The Morgan fingerprint density at radius 1 is 0.667 bits per heavy atom. The van der Waals surface area contributed by atoms with Gasteiger partial charge in [0.15, 0.2) is 0 Å². The third-order valence-electron chi connectivity index (χ3n) is 6.80. The summed E-state index contributed by atoms with van der Waals surface area (Å²) in [4.78, 5) is 0. The molecule has 0 nitrogen and oxygen atoms in total. The molecule has 3 aliphatic carbocycles. The van der Waals surface area contributed by atoms with E-state index in [4.69, 9.17) is 0 Å². The summed E-state index contributed by atoms with van der Waals surface area (Å²) in [5.74, 6) is 7.45. The van der Waals surface area contributed by atoms with Gasteiger partial charge in [0.05, 0.1) is 0 Å². The molecule has 0 saturated heterocycles. The highest BCUT2D eigenvalue weighted by Gasteiger charge is 2.47. The van der Waals surface area contributed by atoms with Gasteiger partial charge >= 0.3 is 0 Å². The Bertz CT molecular complexity index is 282. The van der Waals surface area contributed by atoms with Crippen molar-refractivity contribution in [1.29, 1.82) is 0 Å². The SMILES string of the molecule is CC1CCC2C(C1)CC(C)C2C1CCCCC1C. The van der Waals surface area contributed by atoms with Crippen LogP contribution >= 0.6 is 0 Å². The zero-order chi connectivity index (χ0) is 12.7. The van der Waals surface area contributed by atoms with Crippen LogP contribution in [0.15, 0.2) is 0 Å². The molecule has 18 heavy (non-hydrogen) atoms. The molecule has 7 unspecified atom stereocenters. The summed E-state index contributed by atoms with van der Waals surface area (Å²) in [6.45, 7) is 7.61.